The van der Waals surface area contributed by atoms with Crippen molar-refractivity contribution in [1.29, 1.82) is 0 Å². The Morgan fingerprint density at radius 2 is 2.60 bits per heavy atom. The van der Waals surface area contributed by atoms with Crippen molar-refractivity contribution in [2.45, 2.75) is 12.5 Å². The third-order valence-electron chi connectivity index (χ3n) is 1.15. The Labute approximate surface area is 57.2 Å². The summed E-state index contributed by atoms with van der Waals surface area (Å²) in [6.45, 7) is 0. The van der Waals surface area contributed by atoms with Crippen LogP contribution in [0.5, 0.6) is 0 Å². The van der Waals surface area contributed by atoms with Crippen molar-refractivity contribution in [3.05, 3.63) is 0 Å². The minimum atomic E-state index is -0.766. The second-order valence-electron chi connectivity index (χ2n) is 1.86. The number of rotatable bonds is 1. The molecule has 0 aromatic rings. The van der Waals surface area contributed by atoms with Crippen LogP contribution < -0.4 is 5.48 Å². The maximum absolute atomic E-state index is 10.6. The summed E-state index contributed by atoms with van der Waals surface area (Å²) >= 11 is 0. The molecular formula is C5H7NO4. The smallest absolute Gasteiger partial charge is 0.338 e. The summed E-state index contributed by atoms with van der Waals surface area (Å²) in [5.74, 6) is -0.825. The lowest BCUT2D eigenvalue weighted by molar-refractivity contribution is -0.154. The van der Waals surface area contributed by atoms with E-state index in [2.05, 4.69) is 9.57 Å². The number of nitrogens with one attached hydrogen (secondary N) is 1. The molecule has 0 saturated carbocycles. The van der Waals surface area contributed by atoms with Crippen molar-refractivity contribution in [1.82, 2.24) is 5.48 Å². The van der Waals surface area contributed by atoms with Gasteiger partial charge in [0.05, 0.1) is 13.5 Å². The lowest BCUT2D eigenvalue weighted by atomic mass is 10.3. The first-order valence-electron chi connectivity index (χ1n) is 2.76. The van der Waals surface area contributed by atoms with Crippen LogP contribution in [0.2, 0.25) is 0 Å². The molecule has 10 heavy (non-hydrogen) atoms. The van der Waals surface area contributed by atoms with Gasteiger partial charge in [-0.15, -0.1) is 0 Å². The summed E-state index contributed by atoms with van der Waals surface area (Å²) in [5, 5.41) is 0. The quantitative estimate of drug-likeness (QED) is 0.479. The molecule has 1 atom stereocenters. The van der Waals surface area contributed by atoms with Crippen molar-refractivity contribution in [3.8, 4) is 0 Å². The Hall–Kier alpha value is -1.10. The van der Waals surface area contributed by atoms with E-state index in [1.807, 2.05) is 5.48 Å². The number of esters is 1. The molecule has 1 unspecified atom stereocenters. The zero-order valence-corrected chi connectivity index (χ0v) is 5.42. The van der Waals surface area contributed by atoms with Gasteiger partial charge in [-0.05, 0) is 0 Å². The Morgan fingerprint density at radius 1 is 1.90 bits per heavy atom. The molecular weight excluding hydrogens is 138 g/mol. The Kier molecular flexibility index (Phi) is 1.86. The summed E-state index contributed by atoms with van der Waals surface area (Å²) in [4.78, 5) is 25.6. The van der Waals surface area contributed by atoms with Crippen molar-refractivity contribution in [2.24, 2.45) is 0 Å². The van der Waals surface area contributed by atoms with E-state index in [0.717, 1.165) is 0 Å². The second kappa shape index (κ2) is 2.66. The van der Waals surface area contributed by atoms with Crippen LogP contribution in [0.1, 0.15) is 6.42 Å². The molecule has 0 spiro atoms. The van der Waals surface area contributed by atoms with E-state index in [-0.39, 0.29) is 12.3 Å². The fraction of sp³-hybridized carbons (Fsp3) is 0.600. The minimum absolute atomic E-state index is 0.0483. The fourth-order valence-corrected chi connectivity index (χ4v) is 0.651. The molecule has 0 radical (unpaired) electrons. The molecule has 0 aliphatic carbocycles. The Balaban J connectivity index is 2.44. The highest BCUT2D eigenvalue weighted by molar-refractivity contribution is 5.86. The molecule has 1 amide bonds. The maximum atomic E-state index is 10.6. The van der Waals surface area contributed by atoms with Crippen molar-refractivity contribution >= 4 is 11.9 Å². The fourth-order valence-electron chi connectivity index (χ4n) is 0.651. The molecule has 1 rings (SSSR count). The summed E-state index contributed by atoms with van der Waals surface area (Å²) in [6.07, 6.45) is -0.718. The van der Waals surface area contributed by atoms with E-state index in [1.165, 1.54) is 7.11 Å². The average molecular weight is 145 g/mol. The molecule has 5 nitrogen and oxygen atoms in total. The van der Waals surface area contributed by atoms with Crippen LogP contribution in [-0.2, 0) is 19.2 Å². The summed E-state index contributed by atoms with van der Waals surface area (Å²) < 4.78 is 4.33. The van der Waals surface area contributed by atoms with Gasteiger partial charge in [-0.1, -0.05) is 0 Å². The van der Waals surface area contributed by atoms with Gasteiger partial charge in [0.1, 0.15) is 0 Å². The highest BCUT2D eigenvalue weighted by Gasteiger charge is 2.30. The van der Waals surface area contributed by atoms with Crippen LogP contribution in [0.25, 0.3) is 0 Å². The van der Waals surface area contributed by atoms with Crippen molar-refractivity contribution < 1.29 is 19.2 Å². The van der Waals surface area contributed by atoms with Crippen LogP contribution in [0.4, 0.5) is 0 Å². The average Bonchev–Trinajstić information content (AvgIpc) is 2.34. The molecule has 1 heterocycles. The first-order chi connectivity index (χ1) is 4.74. The number of carbonyl (C=O) groups is 2. The van der Waals surface area contributed by atoms with Crippen molar-refractivity contribution in [2.75, 3.05) is 7.11 Å². The van der Waals surface area contributed by atoms with Gasteiger partial charge in [0.25, 0.3) is 0 Å². The van der Waals surface area contributed by atoms with Crippen LogP contribution >= 0.6 is 0 Å². The third kappa shape index (κ3) is 1.24. The maximum Gasteiger partial charge on any atom is 0.338 e. The standard InChI is InChI=1S/C5H7NO4/c1-9-5(8)3-2-4(7)6-10-3/h3H,2H2,1H3,(H,6,7). The SMILES string of the molecule is COC(=O)C1CC(=O)NO1. The number of ether oxygens (including phenoxy) is 1. The van der Waals surface area contributed by atoms with E-state index >= 15 is 0 Å². The highest BCUT2D eigenvalue weighted by Crippen LogP contribution is 2.05. The van der Waals surface area contributed by atoms with Gasteiger partial charge in [0.15, 0.2) is 6.10 Å². The molecule has 0 bridgehead atoms. The van der Waals surface area contributed by atoms with E-state index in [0.29, 0.717) is 0 Å². The topological polar surface area (TPSA) is 64.6 Å². The molecule has 0 aromatic heterocycles. The highest BCUT2D eigenvalue weighted by atomic mass is 16.7. The summed E-state index contributed by atoms with van der Waals surface area (Å²) in [7, 11) is 1.24. The lowest BCUT2D eigenvalue weighted by Gasteiger charge is -2.01. The lowest BCUT2D eigenvalue weighted by Crippen LogP contribution is -2.22. The van der Waals surface area contributed by atoms with Crippen LogP contribution in [0, 0.1) is 0 Å². The van der Waals surface area contributed by atoms with Crippen LogP contribution in [0.15, 0.2) is 0 Å². The number of hydroxylamine groups is 1. The molecule has 1 aliphatic heterocycles. The Morgan fingerprint density at radius 3 is 3.00 bits per heavy atom. The number of hydrogen-bond donors (Lipinski definition) is 1. The van der Waals surface area contributed by atoms with Gasteiger partial charge in [0, 0.05) is 0 Å². The first kappa shape index (κ1) is 7.01. The first-order valence-corrected chi connectivity index (χ1v) is 2.76. The van der Waals surface area contributed by atoms with Gasteiger partial charge in [-0.3, -0.25) is 9.63 Å². The largest absolute Gasteiger partial charge is 0.467 e. The third-order valence-corrected chi connectivity index (χ3v) is 1.15. The zero-order chi connectivity index (χ0) is 7.56. The van der Waals surface area contributed by atoms with Crippen LogP contribution in [-0.4, -0.2) is 25.1 Å². The summed E-state index contributed by atoms with van der Waals surface area (Å²) in [5.41, 5.74) is 2.05. The van der Waals surface area contributed by atoms with E-state index < -0.39 is 12.1 Å². The predicted molar refractivity (Wildman–Crippen MR) is 29.6 cm³/mol. The normalized spacial score (nSPS) is 24.1. The number of methoxy groups -OCH3 is 1. The molecule has 56 valence electrons. The summed E-state index contributed by atoms with van der Waals surface area (Å²) in [6, 6.07) is 0. The van der Waals surface area contributed by atoms with Gasteiger partial charge in [-0.2, -0.15) is 0 Å². The van der Waals surface area contributed by atoms with Gasteiger partial charge in [-0.25, -0.2) is 10.3 Å². The number of carbonyl (C=O) groups excluding carboxylic acids is 2. The van der Waals surface area contributed by atoms with Gasteiger partial charge in [0.2, 0.25) is 5.91 Å². The number of amides is 1. The van der Waals surface area contributed by atoms with Crippen molar-refractivity contribution in [3.63, 3.8) is 0 Å². The van der Waals surface area contributed by atoms with E-state index in [4.69, 9.17) is 0 Å². The van der Waals surface area contributed by atoms with Crippen LogP contribution in [0.3, 0.4) is 0 Å². The zero-order valence-electron chi connectivity index (χ0n) is 5.42. The molecule has 5 heteroatoms. The molecule has 0 aromatic carbocycles. The molecule has 1 saturated heterocycles. The minimum Gasteiger partial charge on any atom is -0.467 e. The Bertz CT molecular complexity index is 167. The van der Waals surface area contributed by atoms with Gasteiger partial charge >= 0.3 is 5.97 Å². The van der Waals surface area contributed by atoms with E-state index in [9.17, 15) is 9.59 Å². The second-order valence-corrected chi connectivity index (χ2v) is 1.86. The predicted octanol–water partition coefficient (Wildman–Crippen LogP) is -1.02. The molecule has 1 fully saturated rings. The number of hydrogen-bond acceptors (Lipinski definition) is 4. The van der Waals surface area contributed by atoms with E-state index in [1.54, 1.807) is 0 Å². The molecule has 1 N–H and O–H groups in total. The molecule has 1 aliphatic rings. The monoisotopic (exact) mass is 145 g/mol. The van der Waals surface area contributed by atoms with Gasteiger partial charge < -0.3 is 4.74 Å².